The second-order valence-electron chi connectivity index (χ2n) is 22.3. The van der Waals surface area contributed by atoms with Gasteiger partial charge in [0, 0.05) is 6.42 Å². The number of halogens is 24. The lowest BCUT2D eigenvalue weighted by atomic mass is 9.88. The van der Waals surface area contributed by atoms with Crippen molar-refractivity contribution in [3.8, 4) is 17.2 Å². The molecule has 4 rings (SSSR count). The summed E-state index contributed by atoms with van der Waals surface area (Å²) in [7, 11) is -3.28. The fraction of sp³-hybridized carbons (Fsp3) is 0.613. The van der Waals surface area contributed by atoms with Crippen LogP contribution in [0.2, 0.25) is 0 Å². The molecule has 4 aromatic carbocycles. The van der Waals surface area contributed by atoms with E-state index in [2.05, 4.69) is 6.92 Å². The summed E-state index contributed by atoms with van der Waals surface area (Å²) in [6.45, 7) is 8.08. The maximum atomic E-state index is 15.8. The van der Waals surface area contributed by atoms with Crippen LogP contribution in [-0.4, -0.2) is 31.4 Å². The van der Waals surface area contributed by atoms with Crippen molar-refractivity contribution in [1.29, 1.82) is 0 Å². The van der Waals surface area contributed by atoms with E-state index in [0.717, 1.165) is 51.4 Å². The van der Waals surface area contributed by atoms with Crippen molar-refractivity contribution in [2.45, 2.75) is 224 Å². The van der Waals surface area contributed by atoms with E-state index < -0.39 is 130 Å². The molecule has 0 aliphatic carbocycles. The van der Waals surface area contributed by atoms with E-state index in [1.165, 1.54) is 25.7 Å². The highest BCUT2D eigenvalue weighted by atomic mass is 19.4. The lowest BCUT2D eigenvalue weighted by Crippen LogP contribution is -2.53. The van der Waals surface area contributed by atoms with Crippen LogP contribution in [-0.2, 0) is 49.4 Å². The predicted molar refractivity (Wildman–Crippen MR) is 294 cm³/mol. The quantitative estimate of drug-likeness (QED) is 0.0156. The number of hydrogen-bond acceptors (Lipinski definition) is 3. The molecule has 0 aliphatic rings. The molecule has 0 saturated heterocycles. The van der Waals surface area contributed by atoms with Crippen LogP contribution in [0.1, 0.15) is 225 Å². The number of hydrogen-bond donors (Lipinski definition) is 0. The van der Waals surface area contributed by atoms with E-state index in [9.17, 15) is 92.2 Å². The van der Waals surface area contributed by atoms with Crippen molar-refractivity contribution in [2.24, 2.45) is 0 Å². The van der Waals surface area contributed by atoms with Gasteiger partial charge in [-0.2, -0.15) is 124 Å². The summed E-state index contributed by atoms with van der Waals surface area (Å²) in [4.78, 5) is 0. The van der Waals surface area contributed by atoms with Gasteiger partial charge in [-0.25, -0.2) is 0 Å². The van der Waals surface area contributed by atoms with Crippen LogP contribution in [0.25, 0.3) is 0 Å². The maximum absolute atomic E-state index is 15.8. The lowest BCUT2D eigenvalue weighted by molar-refractivity contribution is -0.958. The van der Waals surface area contributed by atoms with Crippen LogP contribution in [0.5, 0.6) is 17.2 Å². The van der Waals surface area contributed by atoms with Gasteiger partial charge in [0.2, 0.25) is 0 Å². The number of alkyl halides is 24. The van der Waals surface area contributed by atoms with Gasteiger partial charge in [0.05, 0.1) is 58.6 Å². The van der Waals surface area contributed by atoms with E-state index in [-0.39, 0.29) is 91.6 Å². The van der Waals surface area contributed by atoms with Crippen LogP contribution in [0.15, 0.2) is 66.7 Å². The minimum absolute atomic E-state index is 0.0521. The van der Waals surface area contributed by atoms with Crippen molar-refractivity contribution >= 4 is 7.32 Å². The van der Waals surface area contributed by atoms with Crippen LogP contribution in [0, 0.1) is 6.07 Å². The fourth-order valence-corrected chi connectivity index (χ4v) is 10.3. The summed E-state index contributed by atoms with van der Waals surface area (Å²) in [6, 6.07) is 0.0526. The normalized spacial score (nSPS) is 13.5. The van der Waals surface area contributed by atoms with Crippen molar-refractivity contribution in [3.05, 3.63) is 123 Å². The zero-order chi connectivity index (χ0) is 68.9. The molecule has 4 nitrogen and oxygen atoms in total. The molecule has 0 saturated carbocycles. The van der Waals surface area contributed by atoms with E-state index in [0.29, 0.717) is 63.5 Å². The Balaban J connectivity index is 0.00000135. The Morgan fingerprint density at radius 1 is 0.330 bits per heavy atom. The highest BCUT2D eigenvalue weighted by molar-refractivity contribution is 6.39. The predicted octanol–water partition coefficient (Wildman–Crippen LogP) is 24.4. The van der Waals surface area contributed by atoms with Gasteiger partial charge in [-0.1, -0.05) is 148 Å². The fourth-order valence-electron chi connectivity index (χ4n) is 10.3. The number of rotatable bonds is 33. The second kappa shape index (κ2) is 34.7. The molecule has 91 heavy (non-hydrogen) atoms. The standard InChI is InChI=1S/C54H71BF18NO3.C8H3F6/c1-5-9-13-14-15-16-17-18-19-20-21-22-23-24-25-26-46(74(27-10-6-2,28-11-7-3)29-12-8-4)48-45(54(71,72)73)36-42(53(68,69)70)37-47(48)77-55(75-43-32-38(49(56,57)58)30-39(33-43)50(59,60)61)76-44-34-40(51(62,63)64)31-41(35-44)52(65,66)67;9-7(10,11)5-2-1-3-6(4-5)8(12,13)14/h30-37,46H,5-29H2,1-4H3;2-4H/q+1;-1. The van der Waals surface area contributed by atoms with Gasteiger partial charge in [-0.3, -0.25) is 0 Å². The largest absolute Gasteiger partial charge is 0.864 e. The van der Waals surface area contributed by atoms with Crippen LogP contribution < -0.4 is 14.0 Å². The van der Waals surface area contributed by atoms with Gasteiger partial charge in [-0.05, 0) is 74.2 Å². The molecule has 29 heteroatoms. The van der Waals surface area contributed by atoms with E-state index >= 15 is 13.2 Å². The first-order valence-corrected chi connectivity index (χ1v) is 29.9. The third-order valence-electron chi connectivity index (χ3n) is 15.0. The molecule has 0 heterocycles. The Kier molecular flexibility index (Phi) is 30.4. The zero-order valence-corrected chi connectivity index (χ0v) is 50.4. The Labute approximate surface area is 514 Å². The third kappa shape index (κ3) is 26.9. The monoisotopic (exact) mass is 1350 g/mol. The first-order chi connectivity index (χ1) is 42.0. The van der Waals surface area contributed by atoms with Crippen LogP contribution in [0.3, 0.4) is 0 Å². The summed E-state index contributed by atoms with van der Waals surface area (Å²) >= 11 is 0. The molecule has 0 aliphatic heterocycles. The molecule has 1 atom stereocenters. The molecule has 0 amide bonds. The summed E-state index contributed by atoms with van der Waals surface area (Å²) < 4.78 is 349. The molecule has 1 unspecified atom stereocenters. The molecule has 0 spiro atoms. The van der Waals surface area contributed by atoms with Gasteiger partial charge < -0.3 is 18.4 Å². The third-order valence-corrected chi connectivity index (χ3v) is 15.0. The molecule has 4 aromatic rings. The van der Waals surface area contributed by atoms with E-state index in [4.69, 9.17) is 14.0 Å². The van der Waals surface area contributed by atoms with Crippen LogP contribution >= 0.6 is 0 Å². The molecule has 516 valence electrons. The molecule has 0 aromatic heterocycles. The van der Waals surface area contributed by atoms with Gasteiger partial charge in [0.15, 0.2) is 0 Å². The van der Waals surface area contributed by atoms with Gasteiger partial charge >= 0.3 is 56.7 Å². The summed E-state index contributed by atoms with van der Waals surface area (Å²) in [5, 5.41) is 0. The molecule has 0 N–H and O–H groups in total. The van der Waals surface area contributed by atoms with E-state index in [1.807, 2.05) is 0 Å². The van der Waals surface area contributed by atoms with Gasteiger partial charge in [-0.15, -0.1) is 6.07 Å². The summed E-state index contributed by atoms with van der Waals surface area (Å²) in [5.74, 6) is -4.52. The first kappa shape index (κ1) is 79.9. The SMILES string of the molecule is CCCCCCCCCCCCCCCCCC(c1c(OB(Oc2cc(C(F)(F)F)cc(C(F)(F)F)c2)Oc2cc(C(F)(F)F)cc(C(F)(F)F)c2)cc(C(F)(F)F)cc1C(F)(F)F)[N+](CCCC)(CCCC)CCCC.FC(F)(F)c1c[c-]cc(C(F)(F)F)c1. The molecule has 0 bridgehead atoms. The van der Waals surface area contributed by atoms with Crippen LogP contribution in [0.4, 0.5) is 105 Å². The Hall–Kier alpha value is -5.38. The van der Waals surface area contributed by atoms with Gasteiger partial charge in [0.1, 0.15) is 23.3 Å². The Morgan fingerprint density at radius 2 is 0.615 bits per heavy atom. The Morgan fingerprint density at radius 3 is 0.912 bits per heavy atom. The van der Waals surface area contributed by atoms with E-state index in [1.54, 1.807) is 26.8 Å². The summed E-state index contributed by atoms with van der Waals surface area (Å²) in [5.41, 5.74) is -15.9. The Bertz CT molecular complexity index is 2590. The first-order valence-electron chi connectivity index (χ1n) is 29.9. The molecular weight excluding hydrogens is 1270 g/mol. The summed E-state index contributed by atoms with van der Waals surface area (Å²) in [6.07, 6.45) is -26.5. The lowest BCUT2D eigenvalue weighted by Gasteiger charge is -2.47. The minimum atomic E-state index is -5.65. The number of quaternary nitrogens is 1. The number of nitrogens with zero attached hydrogens (tertiary/aromatic N) is 1. The van der Waals surface area contributed by atoms with Crippen molar-refractivity contribution in [3.63, 3.8) is 0 Å². The number of unbranched alkanes of at least 4 members (excludes halogenated alkanes) is 17. The van der Waals surface area contributed by atoms with Crippen molar-refractivity contribution < 1.29 is 124 Å². The minimum Gasteiger partial charge on any atom is -0.490 e. The second-order valence-corrected chi connectivity index (χ2v) is 22.3. The molecule has 0 fully saturated rings. The molecular formula is C62H74BF24NO3. The zero-order valence-electron chi connectivity index (χ0n) is 50.4. The van der Waals surface area contributed by atoms with Crippen molar-refractivity contribution in [1.82, 2.24) is 0 Å². The molecule has 0 radical (unpaired) electrons. The maximum Gasteiger partial charge on any atom is 0.864 e. The average Bonchev–Trinajstić information content (AvgIpc) is 0.768. The highest BCUT2D eigenvalue weighted by Crippen LogP contribution is 2.50. The van der Waals surface area contributed by atoms with Gasteiger partial charge in [0.25, 0.3) is 0 Å². The highest BCUT2D eigenvalue weighted by Gasteiger charge is 2.49. The van der Waals surface area contributed by atoms with Crippen molar-refractivity contribution in [2.75, 3.05) is 19.6 Å². The topological polar surface area (TPSA) is 27.7 Å². The average molecular weight is 1350 g/mol. The smallest absolute Gasteiger partial charge is 0.490 e. The number of benzene rings is 4.